The molecule has 0 radical (unpaired) electrons. The Bertz CT molecular complexity index is 1020. The molecule has 7 heteroatoms. The Morgan fingerprint density at radius 3 is 2.66 bits per heavy atom. The van der Waals surface area contributed by atoms with Crippen LogP contribution in [-0.2, 0) is 11.2 Å². The predicted octanol–water partition coefficient (Wildman–Crippen LogP) is 2.74. The van der Waals surface area contributed by atoms with Crippen LogP contribution in [0.15, 0.2) is 28.9 Å². The molecule has 2 aromatic rings. The molecule has 0 spiro atoms. The summed E-state index contributed by atoms with van der Waals surface area (Å²) in [5.74, 6) is -0.103. The SMILES string of the molecule is CCN(CC)C(=O)[C@@H]1C=C2c3cccc4c3c(c(Br)n4C(=O)CN)C[C@H]2N(C)C1. The Hall–Kier alpha value is -1.96. The fraction of sp³-hybridized carbons (Fsp3) is 0.455. The molecule has 0 bridgehead atoms. The largest absolute Gasteiger partial charge is 0.343 e. The first-order chi connectivity index (χ1) is 13.9. The van der Waals surface area contributed by atoms with Crippen LogP contribution in [0.3, 0.4) is 0 Å². The van der Waals surface area contributed by atoms with Crippen molar-refractivity contribution in [3.05, 3.63) is 40.0 Å². The molecule has 2 heterocycles. The Kier molecular flexibility index (Phi) is 5.40. The van der Waals surface area contributed by atoms with Gasteiger partial charge in [-0.1, -0.05) is 18.2 Å². The van der Waals surface area contributed by atoms with Crippen molar-refractivity contribution < 1.29 is 9.59 Å². The van der Waals surface area contributed by atoms with Crippen LogP contribution in [-0.4, -0.2) is 65.4 Å². The number of rotatable bonds is 4. The standard InChI is InChI=1S/C22H27BrN4O2/c1-4-26(5-2)22(29)13-9-15-14-7-6-8-17-20(14)16(10-18(15)25(3)12-13)21(23)27(17)19(28)11-24/h6-9,13,18H,4-5,10-12,24H2,1-3H3/t13-,18-/m1/s1. The number of carbonyl (C=O) groups is 2. The first kappa shape index (κ1) is 20.3. The molecule has 6 nitrogen and oxygen atoms in total. The van der Waals surface area contributed by atoms with Crippen molar-refractivity contribution in [2.75, 3.05) is 33.2 Å². The van der Waals surface area contributed by atoms with E-state index in [0.717, 1.165) is 46.1 Å². The van der Waals surface area contributed by atoms with Gasteiger partial charge in [0.25, 0.3) is 0 Å². The molecular weight excluding hydrogens is 432 g/mol. The van der Waals surface area contributed by atoms with Crippen molar-refractivity contribution in [1.82, 2.24) is 14.4 Å². The Balaban J connectivity index is 1.88. The van der Waals surface area contributed by atoms with Crippen LogP contribution in [0, 0.1) is 5.92 Å². The third-order valence-corrected chi connectivity index (χ3v) is 7.15. The van der Waals surface area contributed by atoms with Crippen molar-refractivity contribution >= 4 is 44.2 Å². The van der Waals surface area contributed by atoms with E-state index in [1.54, 1.807) is 4.57 Å². The minimum Gasteiger partial charge on any atom is -0.343 e. The van der Waals surface area contributed by atoms with E-state index in [2.05, 4.69) is 40.0 Å². The molecule has 1 aromatic carbocycles. The fourth-order valence-electron chi connectivity index (χ4n) is 4.85. The van der Waals surface area contributed by atoms with Gasteiger partial charge in [-0.05, 0) is 66.0 Å². The second kappa shape index (κ2) is 7.70. The van der Waals surface area contributed by atoms with Crippen molar-refractivity contribution in [3.8, 4) is 0 Å². The fourth-order valence-corrected chi connectivity index (χ4v) is 5.60. The summed E-state index contributed by atoms with van der Waals surface area (Å²) in [6.07, 6.45) is 2.96. The van der Waals surface area contributed by atoms with Gasteiger partial charge < -0.3 is 10.6 Å². The van der Waals surface area contributed by atoms with Crippen molar-refractivity contribution in [2.24, 2.45) is 11.7 Å². The molecule has 1 aliphatic carbocycles. The van der Waals surface area contributed by atoms with Gasteiger partial charge in [-0.25, -0.2) is 0 Å². The molecule has 2 aliphatic rings. The lowest BCUT2D eigenvalue weighted by atomic mass is 9.79. The Labute approximate surface area is 179 Å². The summed E-state index contributed by atoms with van der Waals surface area (Å²) < 4.78 is 2.48. The quantitative estimate of drug-likeness (QED) is 0.764. The predicted molar refractivity (Wildman–Crippen MR) is 119 cm³/mol. The van der Waals surface area contributed by atoms with Gasteiger partial charge in [0.1, 0.15) is 0 Å². The van der Waals surface area contributed by atoms with Gasteiger partial charge in [0.15, 0.2) is 0 Å². The monoisotopic (exact) mass is 458 g/mol. The lowest BCUT2D eigenvalue weighted by Gasteiger charge is -2.40. The number of amides is 1. The van der Waals surface area contributed by atoms with Crippen LogP contribution in [0.2, 0.25) is 0 Å². The van der Waals surface area contributed by atoms with E-state index >= 15 is 0 Å². The van der Waals surface area contributed by atoms with E-state index in [1.165, 1.54) is 5.57 Å². The van der Waals surface area contributed by atoms with E-state index in [4.69, 9.17) is 5.73 Å². The number of carbonyl (C=O) groups excluding carboxylic acids is 2. The molecule has 2 N–H and O–H groups in total. The minimum absolute atomic E-state index is 0.0431. The zero-order valence-corrected chi connectivity index (χ0v) is 18.7. The van der Waals surface area contributed by atoms with Crippen molar-refractivity contribution in [2.45, 2.75) is 26.3 Å². The highest BCUT2D eigenvalue weighted by Crippen LogP contribution is 2.44. The van der Waals surface area contributed by atoms with E-state index in [1.807, 2.05) is 30.9 Å². The van der Waals surface area contributed by atoms with Gasteiger partial charge >= 0.3 is 0 Å². The maximum atomic E-state index is 13.0. The molecule has 0 unspecified atom stereocenters. The van der Waals surface area contributed by atoms with Crippen LogP contribution in [0.5, 0.6) is 0 Å². The van der Waals surface area contributed by atoms with E-state index in [0.29, 0.717) is 6.54 Å². The van der Waals surface area contributed by atoms with Crippen molar-refractivity contribution in [1.29, 1.82) is 0 Å². The number of benzene rings is 1. The maximum Gasteiger partial charge on any atom is 0.245 e. The molecule has 0 saturated heterocycles. The van der Waals surface area contributed by atoms with Gasteiger partial charge in [-0.2, -0.15) is 0 Å². The van der Waals surface area contributed by atoms with Gasteiger partial charge in [-0.15, -0.1) is 0 Å². The summed E-state index contributed by atoms with van der Waals surface area (Å²) in [7, 11) is 2.08. The number of fused-ring (bicyclic) bond motifs is 2. The lowest BCUT2D eigenvalue weighted by molar-refractivity contribution is -0.134. The first-order valence-corrected chi connectivity index (χ1v) is 11.0. The lowest BCUT2D eigenvalue weighted by Crippen LogP contribution is -2.47. The third-order valence-electron chi connectivity index (χ3n) is 6.31. The average molecular weight is 459 g/mol. The second-order valence-corrected chi connectivity index (χ2v) is 8.55. The number of hydrogen-bond acceptors (Lipinski definition) is 4. The summed E-state index contributed by atoms with van der Waals surface area (Å²) in [4.78, 5) is 29.7. The summed E-state index contributed by atoms with van der Waals surface area (Å²) >= 11 is 3.66. The van der Waals surface area contributed by atoms with Crippen molar-refractivity contribution in [3.63, 3.8) is 0 Å². The molecule has 2 atom stereocenters. The molecule has 0 saturated carbocycles. The molecule has 4 rings (SSSR count). The average Bonchev–Trinajstić information content (AvgIpc) is 3.01. The zero-order valence-electron chi connectivity index (χ0n) is 17.1. The summed E-state index contributed by atoms with van der Waals surface area (Å²) in [5.41, 5.74) is 9.97. The van der Waals surface area contributed by atoms with E-state index < -0.39 is 0 Å². The molecule has 1 aromatic heterocycles. The maximum absolute atomic E-state index is 13.0. The number of nitrogens with two attached hydrogens (primary N) is 1. The number of halogens is 1. The van der Waals surface area contributed by atoms with Crippen LogP contribution in [0.1, 0.15) is 29.8 Å². The topological polar surface area (TPSA) is 71.6 Å². The highest BCUT2D eigenvalue weighted by atomic mass is 79.9. The number of likely N-dealkylation sites (N-methyl/N-ethyl adjacent to an activating group) is 1. The van der Waals surface area contributed by atoms with Gasteiger partial charge in [-0.3, -0.25) is 19.1 Å². The van der Waals surface area contributed by atoms with E-state index in [9.17, 15) is 9.59 Å². The zero-order chi connectivity index (χ0) is 20.9. The highest BCUT2D eigenvalue weighted by Gasteiger charge is 2.38. The van der Waals surface area contributed by atoms with Crippen LogP contribution in [0.4, 0.5) is 0 Å². The Morgan fingerprint density at radius 2 is 2.00 bits per heavy atom. The number of hydrogen-bond donors (Lipinski definition) is 1. The highest BCUT2D eigenvalue weighted by molar-refractivity contribution is 9.10. The molecular formula is C22H27BrN4O2. The summed E-state index contributed by atoms with van der Waals surface area (Å²) in [6.45, 7) is 6.14. The molecule has 154 valence electrons. The normalized spacial score (nSPS) is 21.1. The van der Waals surface area contributed by atoms with Gasteiger partial charge in [0.2, 0.25) is 11.8 Å². The van der Waals surface area contributed by atoms with Crippen LogP contribution in [0.25, 0.3) is 16.5 Å². The van der Waals surface area contributed by atoms with Gasteiger partial charge in [0, 0.05) is 31.1 Å². The first-order valence-electron chi connectivity index (χ1n) is 10.2. The molecule has 1 amide bonds. The van der Waals surface area contributed by atoms with Crippen LogP contribution < -0.4 is 5.73 Å². The number of nitrogens with zero attached hydrogens (tertiary/aromatic N) is 3. The number of aromatic nitrogens is 1. The van der Waals surface area contributed by atoms with Crippen LogP contribution >= 0.6 is 15.9 Å². The second-order valence-electron chi connectivity index (χ2n) is 7.80. The summed E-state index contributed by atoms with van der Waals surface area (Å²) in [5, 5.41) is 1.09. The summed E-state index contributed by atoms with van der Waals surface area (Å²) in [6, 6.07) is 6.24. The Morgan fingerprint density at radius 1 is 1.28 bits per heavy atom. The minimum atomic E-state index is -0.154. The molecule has 29 heavy (non-hydrogen) atoms. The van der Waals surface area contributed by atoms with E-state index in [-0.39, 0.29) is 30.3 Å². The molecule has 0 fully saturated rings. The third kappa shape index (κ3) is 3.07. The smallest absolute Gasteiger partial charge is 0.245 e. The van der Waals surface area contributed by atoms with Gasteiger partial charge in [0.05, 0.1) is 22.6 Å². The molecule has 1 aliphatic heterocycles.